The van der Waals surface area contributed by atoms with E-state index in [4.69, 9.17) is 14.1 Å². The van der Waals surface area contributed by atoms with Crippen LogP contribution in [0.1, 0.15) is 13.3 Å². The van der Waals surface area contributed by atoms with E-state index in [0.717, 1.165) is 22.0 Å². The van der Waals surface area contributed by atoms with Crippen molar-refractivity contribution >= 4 is 50.9 Å². The van der Waals surface area contributed by atoms with Gasteiger partial charge in [0.15, 0.2) is 5.58 Å². The number of amides is 1. The van der Waals surface area contributed by atoms with Crippen LogP contribution in [0.3, 0.4) is 0 Å². The third kappa shape index (κ3) is 4.26. The van der Waals surface area contributed by atoms with E-state index in [1.54, 1.807) is 30.4 Å². The van der Waals surface area contributed by atoms with Gasteiger partial charge in [0.05, 0.1) is 12.2 Å². The highest BCUT2D eigenvalue weighted by atomic mass is 16.5. The number of anilines is 4. The number of hydrogen-bond donors (Lipinski definition) is 2. The molecule has 2 N–H and O–H groups in total. The normalized spacial score (nSPS) is 15.9. The minimum Gasteiger partial charge on any atom is -0.477 e. The zero-order valence-electron chi connectivity index (χ0n) is 20.6. The van der Waals surface area contributed by atoms with Crippen LogP contribution in [0.2, 0.25) is 0 Å². The fourth-order valence-corrected chi connectivity index (χ4v) is 4.37. The van der Waals surface area contributed by atoms with Crippen LogP contribution in [0.15, 0.2) is 59.3 Å². The number of hydrogen-bond acceptors (Lipinski definition) is 9. The zero-order valence-corrected chi connectivity index (χ0v) is 20.6. The number of aromatic nitrogens is 4. The molecule has 0 saturated carbocycles. The molecule has 186 valence electrons. The number of benzene rings is 1. The predicted molar refractivity (Wildman–Crippen MR) is 142 cm³/mol. The summed E-state index contributed by atoms with van der Waals surface area (Å²) in [5.74, 6) is 2.75. The summed E-state index contributed by atoms with van der Waals surface area (Å²) in [5.41, 5.74) is 2.73. The van der Waals surface area contributed by atoms with Crippen LogP contribution in [-0.2, 0) is 4.79 Å². The van der Waals surface area contributed by atoms with Crippen molar-refractivity contribution in [2.75, 3.05) is 36.2 Å². The lowest BCUT2D eigenvalue weighted by Crippen LogP contribution is -2.29. The van der Waals surface area contributed by atoms with Crippen LogP contribution in [-0.4, -0.2) is 46.5 Å². The zero-order chi connectivity index (χ0) is 25.5. The Bertz CT molecular complexity index is 1650. The van der Waals surface area contributed by atoms with E-state index in [0.29, 0.717) is 53.4 Å². The molecule has 0 saturated heterocycles. The van der Waals surface area contributed by atoms with Crippen molar-refractivity contribution < 1.29 is 13.9 Å². The molecule has 1 atom stereocenters. The highest BCUT2D eigenvalue weighted by Crippen LogP contribution is 2.35. The van der Waals surface area contributed by atoms with Gasteiger partial charge in [-0.15, -0.1) is 0 Å². The molecule has 10 heteroatoms. The molecule has 6 rings (SSSR count). The SMILES string of the molecule is CNc1ncc2c3cc(ncc13)Nc1cccc(n1)OC[C@@H](C)CC(=O)N(C)c1ccc3oc-2nc3c1. The van der Waals surface area contributed by atoms with E-state index in [9.17, 15) is 4.79 Å². The molecular weight excluding hydrogens is 470 g/mol. The van der Waals surface area contributed by atoms with E-state index in [2.05, 4.69) is 25.6 Å². The molecule has 4 aromatic heterocycles. The Labute approximate surface area is 212 Å². The van der Waals surface area contributed by atoms with E-state index in [1.165, 1.54) is 0 Å². The third-order valence-electron chi connectivity index (χ3n) is 6.39. The van der Waals surface area contributed by atoms with Gasteiger partial charge in [-0.1, -0.05) is 13.0 Å². The minimum atomic E-state index is -0.0175. The summed E-state index contributed by atoms with van der Waals surface area (Å²) in [6.07, 6.45) is 3.81. The number of rotatable bonds is 1. The van der Waals surface area contributed by atoms with Crippen molar-refractivity contribution in [3.05, 3.63) is 54.9 Å². The third-order valence-corrected chi connectivity index (χ3v) is 6.39. The maximum absolute atomic E-state index is 13.0. The first kappa shape index (κ1) is 22.7. The summed E-state index contributed by atoms with van der Waals surface area (Å²) in [5, 5.41) is 8.05. The number of carbonyl (C=O) groups is 1. The number of oxazole rings is 1. The first-order valence-corrected chi connectivity index (χ1v) is 12.0. The lowest BCUT2D eigenvalue weighted by atomic mass is 10.1. The van der Waals surface area contributed by atoms with Gasteiger partial charge in [-0.3, -0.25) is 4.79 Å². The molecular formula is C27H25N7O3. The van der Waals surface area contributed by atoms with Gasteiger partial charge in [0.25, 0.3) is 0 Å². The Morgan fingerprint density at radius 3 is 2.81 bits per heavy atom. The second-order valence-corrected chi connectivity index (χ2v) is 9.12. The van der Waals surface area contributed by atoms with Gasteiger partial charge in [0.1, 0.15) is 23.0 Å². The van der Waals surface area contributed by atoms with Crippen LogP contribution in [0.25, 0.3) is 33.3 Å². The molecule has 7 bridgehead atoms. The van der Waals surface area contributed by atoms with Crippen LogP contribution < -0.4 is 20.3 Å². The summed E-state index contributed by atoms with van der Waals surface area (Å²) in [6.45, 7) is 2.34. The van der Waals surface area contributed by atoms with Gasteiger partial charge in [-0.25, -0.2) is 15.0 Å². The maximum atomic E-state index is 13.0. The fourth-order valence-electron chi connectivity index (χ4n) is 4.37. The Morgan fingerprint density at radius 2 is 1.95 bits per heavy atom. The molecule has 0 unspecified atom stereocenters. The number of ether oxygens (including phenoxy) is 1. The van der Waals surface area contributed by atoms with Gasteiger partial charge >= 0.3 is 0 Å². The monoisotopic (exact) mass is 495 g/mol. The van der Waals surface area contributed by atoms with E-state index in [1.807, 2.05) is 50.4 Å². The summed E-state index contributed by atoms with van der Waals surface area (Å²) >= 11 is 0. The van der Waals surface area contributed by atoms with Crippen molar-refractivity contribution in [1.29, 1.82) is 0 Å². The van der Waals surface area contributed by atoms with Crippen molar-refractivity contribution in [2.45, 2.75) is 13.3 Å². The van der Waals surface area contributed by atoms with Gasteiger partial charge < -0.3 is 24.7 Å². The number of carbonyl (C=O) groups excluding carboxylic acids is 1. The standard InChI is InChI=1S/C27H25N7O3/c1-15-9-25(35)34(3)16-7-8-21-20(10-16)31-27(37-21)19-13-30-26(28-2)18-12-29-23(11-17(18)19)32-22-5-4-6-24(33-22)36-14-15/h4-8,10-13,15H,9,14H2,1-3H3,(H,28,30)(H,29,32,33)/t15-/m0/s1. The van der Waals surface area contributed by atoms with Gasteiger partial charge in [-0.05, 0) is 36.2 Å². The van der Waals surface area contributed by atoms with Crippen molar-refractivity contribution in [3.63, 3.8) is 0 Å². The molecule has 37 heavy (non-hydrogen) atoms. The molecule has 1 aromatic carbocycles. The first-order valence-electron chi connectivity index (χ1n) is 12.0. The number of fused-ring (bicyclic) bond motifs is 6. The van der Waals surface area contributed by atoms with Crippen LogP contribution in [0.5, 0.6) is 5.88 Å². The molecule has 0 radical (unpaired) electrons. The minimum absolute atomic E-state index is 0.00900. The average Bonchev–Trinajstić information content (AvgIpc) is 3.33. The van der Waals surface area contributed by atoms with Gasteiger partial charge in [0.2, 0.25) is 17.7 Å². The average molecular weight is 496 g/mol. The fraction of sp³-hybridized carbons (Fsp3) is 0.222. The van der Waals surface area contributed by atoms with E-state index >= 15 is 0 Å². The van der Waals surface area contributed by atoms with Crippen LogP contribution >= 0.6 is 0 Å². The predicted octanol–water partition coefficient (Wildman–Crippen LogP) is 5.00. The van der Waals surface area contributed by atoms with Crippen molar-refractivity contribution in [3.8, 4) is 17.3 Å². The molecule has 1 amide bonds. The number of nitrogens with one attached hydrogen (secondary N) is 2. The Morgan fingerprint density at radius 1 is 1.05 bits per heavy atom. The summed E-state index contributed by atoms with van der Waals surface area (Å²) < 4.78 is 12.0. The Hall–Kier alpha value is -4.73. The maximum Gasteiger partial charge on any atom is 0.229 e. The molecule has 5 heterocycles. The van der Waals surface area contributed by atoms with Crippen molar-refractivity contribution in [2.24, 2.45) is 5.92 Å². The van der Waals surface area contributed by atoms with Crippen molar-refractivity contribution in [1.82, 2.24) is 19.9 Å². The molecule has 1 aliphatic rings. The molecule has 10 nitrogen and oxygen atoms in total. The molecule has 0 spiro atoms. The first-order chi connectivity index (χ1) is 18.0. The van der Waals surface area contributed by atoms with E-state index in [-0.39, 0.29) is 11.8 Å². The lowest BCUT2D eigenvalue weighted by molar-refractivity contribution is -0.119. The second kappa shape index (κ2) is 9.05. The number of nitrogens with zero attached hydrogens (tertiary/aromatic N) is 5. The Balaban J connectivity index is 1.53. The molecule has 5 aromatic rings. The molecule has 1 aliphatic heterocycles. The van der Waals surface area contributed by atoms with E-state index < -0.39 is 0 Å². The van der Waals surface area contributed by atoms with Crippen LogP contribution in [0, 0.1) is 5.92 Å². The lowest BCUT2D eigenvalue weighted by Gasteiger charge is -2.20. The van der Waals surface area contributed by atoms with Gasteiger partial charge in [0, 0.05) is 55.4 Å². The van der Waals surface area contributed by atoms with Crippen LogP contribution in [0.4, 0.5) is 23.1 Å². The summed E-state index contributed by atoms with van der Waals surface area (Å²) in [4.78, 5) is 33.1. The summed E-state index contributed by atoms with van der Waals surface area (Å²) in [7, 11) is 3.58. The highest BCUT2D eigenvalue weighted by molar-refractivity contribution is 6.02. The molecule has 0 aliphatic carbocycles. The van der Waals surface area contributed by atoms with Gasteiger partial charge in [-0.2, -0.15) is 4.98 Å². The number of pyridine rings is 3. The molecule has 0 fully saturated rings. The smallest absolute Gasteiger partial charge is 0.229 e. The quantitative estimate of drug-likeness (QED) is 0.331. The summed E-state index contributed by atoms with van der Waals surface area (Å²) in [6, 6.07) is 13.0. The second-order valence-electron chi connectivity index (χ2n) is 9.12. The Kier molecular flexibility index (Phi) is 5.56. The largest absolute Gasteiger partial charge is 0.477 e. The topological polar surface area (TPSA) is 118 Å². The highest BCUT2D eigenvalue weighted by Gasteiger charge is 2.19.